The van der Waals surface area contributed by atoms with E-state index in [0.717, 1.165) is 30.1 Å². The Hall–Kier alpha value is -0.790. The molecule has 2 heteroatoms. The van der Waals surface area contributed by atoms with Gasteiger partial charge in [0.05, 0.1) is 0 Å². The number of hydrogen-bond acceptors (Lipinski definition) is 2. The Morgan fingerprint density at radius 2 is 1.54 bits per heavy atom. The average molecular weight is 483 g/mol. The van der Waals surface area contributed by atoms with Gasteiger partial charge in [0.25, 0.3) is 0 Å². The van der Waals surface area contributed by atoms with Crippen LogP contribution in [0.1, 0.15) is 126 Å². The summed E-state index contributed by atoms with van der Waals surface area (Å²) in [6.45, 7) is 23.4. The van der Waals surface area contributed by atoms with E-state index in [0.29, 0.717) is 27.6 Å². The zero-order valence-corrected chi connectivity index (χ0v) is 24.3. The predicted octanol–water partition coefficient (Wildman–Crippen LogP) is 8.99. The summed E-state index contributed by atoms with van der Waals surface area (Å²) in [6, 6.07) is 0. The highest BCUT2D eigenvalue weighted by molar-refractivity contribution is 5.66. The lowest BCUT2D eigenvalue weighted by Gasteiger charge is -2.63. The number of ether oxygens (including phenoxy) is 1. The highest BCUT2D eigenvalue weighted by atomic mass is 16.5. The predicted molar refractivity (Wildman–Crippen MR) is 145 cm³/mol. The van der Waals surface area contributed by atoms with E-state index in [1.165, 1.54) is 69.8 Å². The van der Waals surface area contributed by atoms with Crippen molar-refractivity contribution >= 4 is 5.97 Å². The SMILES string of the molecule is C=C(CCC(C)[C@H]1CC[C@@]2(C)[C@@H]3CC[C@H]4C(C)(C)C(OC(C)=O)CC[C@@]45C[C@@]35CC[C@]12C)C(C)C. The molecule has 5 aliphatic rings. The van der Waals surface area contributed by atoms with E-state index >= 15 is 0 Å². The van der Waals surface area contributed by atoms with Gasteiger partial charge in [0.1, 0.15) is 6.10 Å². The lowest BCUT2D eigenvalue weighted by molar-refractivity contribution is -0.181. The first-order valence-electron chi connectivity index (χ1n) is 15.1. The maximum atomic E-state index is 11.9. The van der Waals surface area contributed by atoms with Crippen molar-refractivity contribution in [3.63, 3.8) is 0 Å². The van der Waals surface area contributed by atoms with Crippen LogP contribution in [-0.4, -0.2) is 12.1 Å². The van der Waals surface area contributed by atoms with Crippen molar-refractivity contribution in [2.45, 2.75) is 132 Å². The first-order chi connectivity index (χ1) is 16.3. The first kappa shape index (κ1) is 25.8. The minimum absolute atomic E-state index is 0.0951. The molecule has 35 heavy (non-hydrogen) atoms. The van der Waals surface area contributed by atoms with Crippen molar-refractivity contribution < 1.29 is 9.53 Å². The van der Waals surface area contributed by atoms with Crippen molar-refractivity contribution in [1.82, 2.24) is 0 Å². The van der Waals surface area contributed by atoms with Crippen LogP contribution < -0.4 is 0 Å². The molecule has 9 atom stereocenters. The molecule has 0 aromatic rings. The van der Waals surface area contributed by atoms with Crippen LogP contribution in [-0.2, 0) is 9.53 Å². The van der Waals surface area contributed by atoms with Gasteiger partial charge in [0.2, 0.25) is 0 Å². The summed E-state index contributed by atoms with van der Waals surface area (Å²) in [6.07, 6.45) is 15.0. The van der Waals surface area contributed by atoms with E-state index < -0.39 is 0 Å². The third kappa shape index (κ3) is 3.35. The molecule has 0 aromatic heterocycles. The molecule has 0 aromatic carbocycles. The molecule has 0 N–H and O–H groups in total. The lowest BCUT2D eigenvalue weighted by Crippen LogP contribution is -2.58. The summed E-state index contributed by atoms with van der Waals surface area (Å²) in [7, 11) is 0. The lowest BCUT2D eigenvalue weighted by atomic mass is 9.41. The van der Waals surface area contributed by atoms with Gasteiger partial charge in [0.15, 0.2) is 0 Å². The van der Waals surface area contributed by atoms with Crippen LogP contribution >= 0.6 is 0 Å². The minimum atomic E-state index is -0.0951. The van der Waals surface area contributed by atoms with Crippen molar-refractivity contribution in [3.8, 4) is 0 Å². The van der Waals surface area contributed by atoms with Gasteiger partial charge >= 0.3 is 5.97 Å². The minimum Gasteiger partial charge on any atom is -0.462 e. The van der Waals surface area contributed by atoms with Crippen molar-refractivity contribution in [2.24, 2.45) is 56.7 Å². The number of fused-ring (bicyclic) bond motifs is 2. The standard InChI is InChI=1S/C33H54O2/c1-21(2)22(3)10-11-23(4)25-14-16-31(9)27-13-12-26-29(6,7)28(35-24(5)34)15-17-32(26)20-33(27,32)19-18-30(25,31)8/h21,23,25-28H,3,10-20H2,1-2,4-9H3/t23?,25-,26+,27+,28?,30-,31+,32-,33+/m1/s1. The highest BCUT2D eigenvalue weighted by Crippen LogP contribution is 2.89. The van der Waals surface area contributed by atoms with Gasteiger partial charge in [-0.3, -0.25) is 4.79 Å². The Morgan fingerprint density at radius 1 is 0.886 bits per heavy atom. The monoisotopic (exact) mass is 482 g/mol. The van der Waals surface area contributed by atoms with Gasteiger partial charge in [0, 0.05) is 12.3 Å². The number of esters is 1. The topological polar surface area (TPSA) is 26.3 Å². The summed E-state index contributed by atoms with van der Waals surface area (Å²) in [5.41, 5.74) is 3.63. The summed E-state index contributed by atoms with van der Waals surface area (Å²) in [5.74, 6) is 3.80. The second-order valence-electron chi connectivity index (χ2n) is 15.4. The number of allylic oxidation sites excluding steroid dienone is 1. The molecule has 5 saturated carbocycles. The van der Waals surface area contributed by atoms with Crippen LogP contribution in [0.25, 0.3) is 0 Å². The van der Waals surface area contributed by atoms with E-state index in [-0.39, 0.29) is 17.5 Å². The van der Waals surface area contributed by atoms with Gasteiger partial charge in [-0.25, -0.2) is 0 Å². The van der Waals surface area contributed by atoms with Crippen molar-refractivity contribution in [2.75, 3.05) is 0 Å². The molecule has 0 amide bonds. The molecule has 0 radical (unpaired) electrons. The second kappa shape index (κ2) is 8.10. The first-order valence-corrected chi connectivity index (χ1v) is 15.1. The van der Waals surface area contributed by atoms with Gasteiger partial charge in [-0.1, -0.05) is 60.6 Å². The van der Waals surface area contributed by atoms with E-state index in [1.807, 2.05) is 0 Å². The fraction of sp³-hybridized carbons (Fsp3) is 0.909. The number of carbonyl (C=O) groups is 1. The van der Waals surface area contributed by atoms with Crippen molar-refractivity contribution in [3.05, 3.63) is 12.2 Å². The van der Waals surface area contributed by atoms with E-state index in [2.05, 4.69) is 55.0 Å². The number of rotatable bonds is 6. The number of hydrogen-bond donors (Lipinski definition) is 0. The fourth-order valence-corrected chi connectivity index (χ4v) is 11.6. The molecular weight excluding hydrogens is 428 g/mol. The molecule has 5 aliphatic carbocycles. The molecule has 5 fully saturated rings. The van der Waals surface area contributed by atoms with E-state index in [9.17, 15) is 4.79 Å². The maximum Gasteiger partial charge on any atom is 0.302 e. The number of carbonyl (C=O) groups excluding carboxylic acids is 1. The average Bonchev–Trinajstić information content (AvgIpc) is 3.36. The second-order valence-corrected chi connectivity index (χ2v) is 15.4. The molecule has 0 heterocycles. The van der Waals surface area contributed by atoms with Crippen molar-refractivity contribution in [1.29, 1.82) is 0 Å². The Labute approximate surface area is 216 Å². The molecule has 0 bridgehead atoms. The van der Waals surface area contributed by atoms with Crippen LogP contribution in [0.15, 0.2) is 12.2 Å². The molecule has 0 saturated heterocycles. The van der Waals surface area contributed by atoms with Gasteiger partial charge in [-0.15, -0.1) is 0 Å². The molecule has 2 unspecified atom stereocenters. The van der Waals surface area contributed by atoms with Crippen LogP contribution in [0.5, 0.6) is 0 Å². The molecule has 2 spiro atoms. The summed E-state index contributed by atoms with van der Waals surface area (Å²) < 4.78 is 5.91. The fourth-order valence-electron chi connectivity index (χ4n) is 11.6. The Bertz CT molecular complexity index is 886. The van der Waals surface area contributed by atoms with Gasteiger partial charge in [-0.05, 0) is 122 Å². The summed E-state index contributed by atoms with van der Waals surface area (Å²) >= 11 is 0. The smallest absolute Gasteiger partial charge is 0.302 e. The van der Waals surface area contributed by atoms with Crippen LogP contribution in [0.2, 0.25) is 0 Å². The zero-order chi connectivity index (χ0) is 25.6. The third-order valence-electron chi connectivity index (χ3n) is 13.8. The molecule has 0 aliphatic heterocycles. The Balaban J connectivity index is 1.37. The zero-order valence-electron chi connectivity index (χ0n) is 24.3. The van der Waals surface area contributed by atoms with Crippen LogP contribution in [0.3, 0.4) is 0 Å². The van der Waals surface area contributed by atoms with Gasteiger partial charge in [-0.2, -0.15) is 0 Å². The Morgan fingerprint density at radius 3 is 2.20 bits per heavy atom. The molecule has 2 nitrogen and oxygen atoms in total. The molecule has 5 rings (SSSR count). The normalized spacial score (nSPS) is 48.3. The van der Waals surface area contributed by atoms with Crippen LogP contribution in [0.4, 0.5) is 0 Å². The van der Waals surface area contributed by atoms with Gasteiger partial charge < -0.3 is 4.74 Å². The highest BCUT2D eigenvalue weighted by Gasteiger charge is 2.82. The maximum absolute atomic E-state index is 11.9. The molecule has 198 valence electrons. The Kier molecular flexibility index (Phi) is 5.98. The summed E-state index contributed by atoms with van der Waals surface area (Å²) in [4.78, 5) is 11.9. The molecular formula is C33H54O2. The third-order valence-corrected chi connectivity index (χ3v) is 13.8. The van der Waals surface area contributed by atoms with Crippen LogP contribution in [0, 0.1) is 56.7 Å². The largest absolute Gasteiger partial charge is 0.462 e. The van der Waals surface area contributed by atoms with E-state index in [4.69, 9.17) is 4.74 Å². The summed E-state index contributed by atoms with van der Waals surface area (Å²) in [5, 5.41) is 0. The van der Waals surface area contributed by atoms with E-state index in [1.54, 1.807) is 6.92 Å². The quantitative estimate of drug-likeness (QED) is 0.279.